The molecule has 0 spiro atoms. The van der Waals surface area contributed by atoms with Gasteiger partial charge in [-0.05, 0) is 6.08 Å². The molecule has 1 amide bonds. The Bertz CT molecular complexity index is 678. The predicted molar refractivity (Wildman–Crippen MR) is 78.7 cm³/mol. The van der Waals surface area contributed by atoms with Gasteiger partial charge in [-0.15, -0.1) is 11.8 Å². The molecule has 0 fully saturated rings. The van der Waals surface area contributed by atoms with Crippen LogP contribution in [0.2, 0.25) is 0 Å². The normalized spacial score (nSPS) is 15.7. The Morgan fingerprint density at radius 2 is 1.40 bits per heavy atom. The monoisotopic (exact) mass is 487 g/mol. The molecule has 0 saturated carbocycles. The Hall–Kier alpha value is -1.78. The van der Waals surface area contributed by atoms with Crippen molar-refractivity contribution in [3.8, 4) is 0 Å². The number of aliphatic hydroxyl groups excluding tert-OH is 1. The summed E-state index contributed by atoms with van der Waals surface area (Å²) in [6, 6.07) is -2.07. The van der Waals surface area contributed by atoms with E-state index in [2.05, 4.69) is 0 Å². The van der Waals surface area contributed by atoms with Gasteiger partial charge in [-0.2, -0.15) is 48.3 Å². The molecule has 0 bridgehead atoms. The van der Waals surface area contributed by atoms with E-state index >= 15 is 0 Å². The van der Waals surface area contributed by atoms with Crippen LogP contribution in [-0.4, -0.2) is 70.4 Å². The summed E-state index contributed by atoms with van der Waals surface area (Å²) < 4.78 is 144. The zero-order valence-electron chi connectivity index (χ0n) is 14.3. The number of alkyl halides is 11. The van der Waals surface area contributed by atoms with Crippen molar-refractivity contribution in [1.82, 2.24) is 5.32 Å². The molecule has 0 radical (unpaired) electrons. The van der Waals surface area contributed by atoms with E-state index in [-0.39, 0.29) is 6.08 Å². The third-order valence-corrected chi connectivity index (χ3v) is 4.44. The molecule has 176 valence electrons. The van der Waals surface area contributed by atoms with Crippen molar-refractivity contribution >= 4 is 23.6 Å². The molecule has 5 nitrogen and oxygen atoms in total. The van der Waals surface area contributed by atoms with Gasteiger partial charge in [0.15, 0.2) is 0 Å². The highest BCUT2D eigenvalue weighted by atomic mass is 32.2. The van der Waals surface area contributed by atoms with Crippen LogP contribution in [0.15, 0.2) is 11.0 Å². The number of allylic oxidation sites excluding steroid dienone is 1. The Morgan fingerprint density at radius 3 is 1.73 bits per heavy atom. The van der Waals surface area contributed by atoms with Crippen LogP contribution in [0.25, 0.3) is 0 Å². The van der Waals surface area contributed by atoms with Gasteiger partial charge in [0.2, 0.25) is 5.91 Å². The molecule has 0 aliphatic heterocycles. The number of amides is 1. The van der Waals surface area contributed by atoms with E-state index in [4.69, 9.17) is 10.2 Å². The Kier molecular flexibility index (Phi) is 8.61. The summed E-state index contributed by atoms with van der Waals surface area (Å²) >= 11 is -0.691. The highest BCUT2D eigenvalue weighted by molar-refractivity contribution is 8.03. The van der Waals surface area contributed by atoms with Gasteiger partial charge in [0.05, 0.1) is 11.5 Å². The summed E-state index contributed by atoms with van der Waals surface area (Å²) in [5.41, 5.74) is 0. The van der Waals surface area contributed by atoms with E-state index in [1.54, 1.807) is 5.32 Å². The molecular formula is C13H12F11NO4S. The van der Waals surface area contributed by atoms with E-state index in [0.29, 0.717) is 0 Å². The number of carbonyl (C=O) groups excluding carboxylic acids is 1. The molecule has 0 heterocycles. The first kappa shape index (κ1) is 28.2. The standard InChI is InChI=1S/C13H12F11NO4S/c1-5(27)25-6(8(28)29)4-30-7(2-3-26)9(14,15)10(16,17)11(18,19)12(20,21)13(22,23)24/h2,6,26H,3-4H2,1H3,(H,25,27)(H,28,29)/b7-2+/t6-/m0/s1. The van der Waals surface area contributed by atoms with E-state index in [0.717, 1.165) is 6.92 Å². The average molecular weight is 487 g/mol. The topological polar surface area (TPSA) is 86.6 Å². The fourth-order valence-corrected chi connectivity index (χ4v) is 2.75. The summed E-state index contributed by atoms with van der Waals surface area (Å²) in [6.45, 7) is -0.833. The summed E-state index contributed by atoms with van der Waals surface area (Å²) in [7, 11) is 0. The molecule has 0 aliphatic rings. The van der Waals surface area contributed by atoms with Crippen molar-refractivity contribution in [2.45, 2.75) is 42.8 Å². The van der Waals surface area contributed by atoms with Crippen LogP contribution in [-0.2, 0) is 9.59 Å². The number of aliphatic hydroxyl groups is 1. The minimum absolute atomic E-state index is 0.312. The van der Waals surface area contributed by atoms with Crippen LogP contribution < -0.4 is 5.32 Å². The highest BCUT2D eigenvalue weighted by Gasteiger charge is 2.87. The molecule has 3 N–H and O–H groups in total. The van der Waals surface area contributed by atoms with Crippen molar-refractivity contribution < 1.29 is 68.1 Å². The largest absolute Gasteiger partial charge is 0.480 e. The molecule has 0 aromatic carbocycles. The number of carboxylic acid groups (broad SMARTS) is 1. The molecule has 17 heteroatoms. The van der Waals surface area contributed by atoms with E-state index in [1.165, 1.54) is 0 Å². The second kappa shape index (κ2) is 9.15. The lowest BCUT2D eigenvalue weighted by Crippen LogP contribution is -2.66. The lowest BCUT2D eigenvalue weighted by atomic mass is 9.97. The fraction of sp³-hybridized carbons (Fsp3) is 0.692. The van der Waals surface area contributed by atoms with Gasteiger partial charge in [-0.1, -0.05) is 0 Å². The molecule has 0 rings (SSSR count). The first-order chi connectivity index (χ1) is 13.2. The average Bonchev–Trinajstić information content (AvgIpc) is 2.54. The van der Waals surface area contributed by atoms with Gasteiger partial charge in [0.1, 0.15) is 6.04 Å². The first-order valence-electron chi connectivity index (χ1n) is 7.20. The summed E-state index contributed by atoms with van der Waals surface area (Å²) in [4.78, 5) is 19.4. The number of hydrogen-bond donors (Lipinski definition) is 3. The smallest absolute Gasteiger partial charge is 0.460 e. The SMILES string of the molecule is CC(=O)N[C@@H](CS/C(=C/CO)C(F)(F)C(F)(F)C(F)(F)C(F)(F)C(F)(F)F)C(=O)O. The summed E-state index contributed by atoms with van der Waals surface area (Å²) in [6.07, 6.45) is -7.64. The molecular weight excluding hydrogens is 475 g/mol. The number of carboxylic acids is 1. The van der Waals surface area contributed by atoms with Gasteiger partial charge in [-0.3, -0.25) is 4.79 Å². The van der Waals surface area contributed by atoms with Crippen LogP contribution in [0.5, 0.6) is 0 Å². The van der Waals surface area contributed by atoms with E-state index in [9.17, 15) is 57.9 Å². The van der Waals surface area contributed by atoms with Gasteiger partial charge in [0.25, 0.3) is 0 Å². The second-order valence-electron chi connectivity index (χ2n) is 5.45. The number of rotatable bonds is 10. The molecule has 0 unspecified atom stereocenters. The summed E-state index contributed by atoms with van der Waals surface area (Å²) in [5, 5.41) is 19.0. The third kappa shape index (κ3) is 5.28. The number of carbonyl (C=O) groups is 2. The van der Waals surface area contributed by atoms with Crippen LogP contribution in [0.1, 0.15) is 6.92 Å². The maximum atomic E-state index is 14.0. The van der Waals surface area contributed by atoms with Crippen LogP contribution >= 0.6 is 11.8 Å². The van der Waals surface area contributed by atoms with Crippen molar-refractivity contribution in [2.75, 3.05) is 12.4 Å². The van der Waals surface area contributed by atoms with Gasteiger partial charge < -0.3 is 15.5 Å². The molecule has 1 atom stereocenters. The third-order valence-electron chi connectivity index (χ3n) is 3.21. The zero-order chi connectivity index (χ0) is 24.3. The number of hydrogen-bond acceptors (Lipinski definition) is 4. The first-order valence-corrected chi connectivity index (χ1v) is 8.19. The minimum atomic E-state index is -7.65. The Morgan fingerprint density at radius 1 is 0.933 bits per heavy atom. The second-order valence-corrected chi connectivity index (χ2v) is 6.51. The van der Waals surface area contributed by atoms with E-state index < -0.39 is 76.8 Å². The van der Waals surface area contributed by atoms with Crippen molar-refractivity contribution in [3.63, 3.8) is 0 Å². The van der Waals surface area contributed by atoms with Crippen molar-refractivity contribution in [2.24, 2.45) is 0 Å². The number of nitrogens with one attached hydrogen (secondary N) is 1. The van der Waals surface area contributed by atoms with Gasteiger partial charge in [0, 0.05) is 12.7 Å². The molecule has 0 aliphatic carbocycles. The lowest BCUT2D eigenvalue weighted by Gasteiger charge is -2.38. The molecule has 0 aromatic rings. The number of halogens is 11. The van der Waals surface area contributed by atoms with E-state index in [1.807, 2.05) is 0 Å². The minimum Gasteiger partial charge on any atom is -0.480 e. The quantitative estimate of drug-likeness (QED) is 0.412. The van der Waals surface area contributed by atoms with Crippen molar-refractivity contribution in [3.05, 3.63) is 11.0 Å². The fourth-order valence-electron chi connectivity index (χ4n) is 1.68. The zero-order valence-corrected chi connectivity index (χ0v) is 15.2. The maximum Gasteiger partial charge on any atom is 0.460 e. The molecule has 30 heavy (non-hydrogen) atoms. The van der Waals surface area contributed by atoms with Crippen LogP contribution in [0.3, 0.4) is 0 Å². The number of thioether (sulfide) groups is 1. The maximum absolute atomic E-state index is 14.0. The number of aliphatic carboxylic acids is 1. The predicted octanol–water partition coefficient (Wildman–Crippen LogP) is 3.29. The highest BCUT2D eigenvalue weighted by Crippen LogP contribution is 2.59. The van der Waals surface area contributed by atoms with Crippen LogP contribution in [0, 0.1) is 0 Å². The van der Waals surface area contributed by atoms with Gasteiger partial charge >= 0.3 is 35.8 Å². The van der Waals surface area contributed by atoms with Crippen molar-refractivity contribution in [1.29, 1.82) is 0 Å². The molecule has 0 saturated heterocycles. The molecule has 0 aromatic heterocycles. The Balaban J connectivity index is 6.13. The summed E-state index contributed by atoms with van der Waals surface area (Å²) in [5.74, 6) is -33.2. The van der Waals surface area contributed by atoms with Crippen LogP contribution in [0.4, 0.5) is 48.3 Å². The van der Waals surface area contributed by atoms with Gasteiger partial charge in [-0.25, -0.2) is 4.79 Å². The Labute approximate surface area is 164 Å². The lowest BCUT2D eigenvalue weighted by molar-refractivity contribution is -0.417.